The first kappa shape index (κ1) is 12.6. The van der Waals surface area contributed by atoms with Crippen LogP contribution in [-0.2, 0) is 11.3 Å². The van der Waals surface area contributed by atoms with Gasteiger partial charge in [0, 0.05) is 6.54 Å². The molecule has 1 amide bonds. The standard InChI is InChI=1S/C13H20N2OS/c1-9-3-4-14-12(5-9)13(16)15-6-11-8-17-7-10(11)2/h7-9,12,14H,3-6H2,1-2H3,(H,15,16). The highest BCUT2D eigenvalue weighted by molar-refractivity contribution is 7.08. The maximum atomic E-state index is 12.0. The molecule has 1 fully saturated rings. The Morgan fingerprint density at radius 1 is 1.59 bits per heavy atom. The van der Waals surface area contributed by atoms with Crippen LogP contribution in [0.15, 0.2) is 10.8 Å². The number of hydrogen-bond donors (Lipinski definition) is 2. The van der Waals surface area contributed by atoms with Crippen LogP contribution in [0.5, 0.6) is 0 Å². The fourth-order valence-electron chi connectivity index (χ4n) is 2.18. The van der Waals surface area contributed by atoms with E-state index in [1.165, 1.54) is 17.5 Å². The van der Waals surface area contributed by atoms with E-state index in [9.17, 15) is 4.79 Å². The van der Waals surface area contributed by atoms with E-state index in [0.29, 0.717) is 12.5 Å². The third-order valence-electron chi connectivity index (χ3n) is 3.40. The van der Waals surface area contributed by atoms with Gasteiger partial charge in [0.05, 0.1) is 6.04 Å². The highest BCUT2D eigenvalue weighted by Crippen LogP contribution is 2.16. The van der Waals surface area contributed by atoms with Gasteiger partial charge in [-0.15, -0.1) is 0 Å². The van der Waals surface area contributed by atoms with Crippen molar-refractivity contribution in [1.82, 2.24) is 10.6 Å². The minimum absolute atomic E-state index is 0.00214. The zero-order chi connectivity index (χ0) is 12.3. The van der Waals surface area contributed by atoms with Gasteiger partial charge in [-0.3, -0.25) is 4.79 Å². The molecule has 4 heteroatoms. The summed E-state index contributed by atoms with van der Waals surface area (Å²) < 4.78 is 0. The number of aryl methyl sites for hydroxylation is 1. The topological polar surface area (TPSA) is 41.1 Å². The van der Waals surface area contributed by atoms with E-state index in [1.54, 1.807) is 11.3 Å². The molecule has 1 aliphatic rings. The van der Waals surface area contributed by atoms with Gasteiger partial charge in [0.15, 0.2) is 0 Å². The monoisotopic (exact) mass is 252 g/mol. The fourth-order valence-corrected chi connectivity index (χ4v) is 3.04. The first-order chi connectivity index (χ1) is 8.16. The molecule has 0 aromatic carbocycles. The molecule has 0 saturated carbocycles. The summed E-state index contributed by atoms with van der Waals surface area (Å²) in [6.45, 7) is 5.90. The van der Waals surface area contributed by atoms with Gasteiger partial charge < -0.3 is 10.6 Å². The van der Waals surface area contributed by atoms with Gasteiger partial charge >= 0.3 is 0 Å². The molecule has 1 saturated heterocycles. The van der Waals surface area contributed by atoms with Crippen molar-refractivity contribution >= 4 is 17.2 Å². The summed E-state index contributed by atoms with van der Waals surface area (Å²) in [7, 11) is 0. The molecule has 0 bridgehead atoms. The van der Waals surface area contributed by atoms with Crippen LogP contribution < -0.4 is 10.6 Å². The lowest BCUT2D eigenvalue weighted by Crippen LogP contribution is -2.48. The highest BCUT2D eigenvalue weighted by atomic mass is 32.1. The lowest BCUT2D eigenvalue weighted by Gasteiger charge is -2.27. The van der Waals surface area contributed by atoms with Crippen molar-refractivity contribution in [2.45, 2.75) is 39.3 Å². The van der Waals surface area contributed by atoms with Crippen molar-refractivity contribution in [3.05, 3.63) is 21.9 Å². The van der Waals surface area contributed by atoms with Gasteiger partial charge in [-0.1, -0.05) is 6.92 Å². The number of carbonyl (C=O) groups excluding carboxylic acids is 1. The number of nitrogens with one attached hydrogen (secondary N) is 2. The second-order valence-electron chi connectivity index (χ2n) is 4.93. The molecule has 2 heterocycles. The number of amides is 1. The van der Waals surface area contributed by atoms with E-state index in [4.69, 9.17) is 0 Å². The van der Waals surface area contributed by atoms with Gasteiger partial charge in [-0.05, 0) is 54.1 Å². The quantitative estimate of drug-likeness (QED) is 0.864. The molecule has 2 rings (SSSR count). The Labute approximate surface area is 107 Å². The third kappa shape index (κ3) is 3.30. The van der Waals surface area contributed by atoms with Crippen LogP contribution in [0.1, 0.15) is 30.9 Å². The third-order valence-corrected chi connectivity index (χ3v) is 4.31. The molecular formula is C13H20N2OS. The van der Waals surface area contributed by atoms with E-state index < -0.39 is 0 Å². The zero-order valence-electron chi connectivity index (χ0n) is 10.5. The van der Waals surface area contributed by atoms with Gasteiger partial charge in [0.2, 0.25) is 5.91 Å². The molecule has 0 spiro atoms. The summed E-state index contributed by atoms with van der Waals surface area (Å²) in [6, 6.07) is -0.00214. The fraction of sp³-hybridized carbons (Fsp3) is 0.615. The minimum Gasteiger partial charge on any atom is -0.351 e. The van der Waals surface area contributed by atoms with Crippen LogP contribution in [-0.4, -0.2) is 18.5 Å². The van der Waals surface area contributed by atoms with Crippen LogP contribution in [0.4, 0.5) is 0 Å². The second-order valence-corrected chi connectivity index (χ2v) is 5.68. The molecule has 1 aliphatic heterocycles. The second kappa shape index (κ2) is 5.65. The van der Waals surface area contributed by atoms with Gasteiger partial charge in [-0.25, -0.2) is 0 Å². The predicted octanol–water partition coefficient (Wildman–Crippen LogP) is 2.06. The van der Waals surface area contributed by atoms with Gasteiger partial charge in [0.25, 0.3) is 0 Å². The minimum atomic E-state index is -0.00214. The molecule has 1 aromatic heterocycles. The predicted molar refractivity (Wildman–Crippen MR) is 71.1 cm³/mol. The summed E-state index contributed by atoms with van der Waals surface area (Å²) in [5, 5.41) is 10.5. The largest absolute Gasteiger partial charge is 0.351 e. The average molecular weight is 252 g/mol. The van der Waals surface area contributed by atoms with Crippen molar-refractivity contribution in [2.75, 3.05) is 6.54 Å². The summed E-state index contributed by atoms with van der Waals surface area (Å²) in [5.74, 6) is 0.789. The van der Waals surface area contributed by atoms with Crippen LogP contribution in [0.3, 0.4) is 0 Å². The summed E-state index contributed by atoms with van der Waals surface area (Å²) >= 11 is 1.69. The molecule has 1 aromatic rings. The Balaban J connectivity index is 1.83. The first-order valence-electron chi connectivity index (χ1n) is 6.19. The Hall–Kier alpha value is -0.870. The van der Waals surface area contributed by atoms with E-state index in [0.717, 1.165) is 13.0 Å². The molecule has 94 valence electrons. The SMILES string of the molecule is Cc1cscc1CNC(=O)C1CC(C)CCN1. The van der Waals surface area contributed by atoms with Crippen molar-refractivity contribution in [2.24, 2.45) is 5.92 Å². The maximum Gasteiger partial charge on any atom is 0.237 e. The number of thiophene rings is 1. The molecule has 0 aliphatic carbocycles. The van der Waals surface area contributed by atoms with Crippen molar-refractivity contribution in [3.63, 3.8) is 0 Å². The summed E-state index contributed by atoms with van der Waals surface area (Å²) in [5.41, 5.74) is 2.49. The molecule has 17 heavy (non-hydrogen) atoms. The molecule has 2 atom stereocenters. The Bertz CT molecular complexity index is 389. The number of carbonyl (C=O) groups is 1. The van der Waals surface area contributed by atoms with Gasteiger partial charge in [-0.2, -0.15) is 11.3 Å². The van der Waals surface area contributed by atoms with Crippen LogP contribution in [0, 0.1) is 12.8 Å². The van der Waals surface area contributed by atoms with Crippen molar-refractivity contribution < 1.29 is 4.79 Å². The molecule has 2 N–H and O–H groups in total. The van der Waals surface area contributed by atoms with Crippen molar-refractivity contribution in [3.8, 4) is 0 Å². The summed E-state index contributed by atoms with van der Waals surface area (Å²) in [4.78, 5) is 12.0. The van der Waals surface area contributed by atoms with E-state index in [2.05, 4.69) is 35.2 Å². The molecule has 2 unspecified atom stereocenters. The van der Waals surface area contributed by atoms with Crippen LogP contribution >= 0.6 is 11.3 Å². The zero-order valence-corrected chi connectivity index (χ0v) is 11.3. The normalized spacial score (nSPS) is 24.6. The average Bonchev–Trinajstić information content (AvgIpc) is 2.72. The van der Waals surface area contributed by atoms with E-state index in [1.807, 2.05) is 0 Å². The number of piperidine rings is 1. The molecule has 0 radical (unpaired) electrons. The number of rotatable bonds is 3. The maximum absolute atomic E-state index is 12.0. The smallest absolute Gasteiger partial charge is 0.237 e. The Morgan fingerprint density at radius 2 is 2.41 bits per heavy atom. The number of hydrogen-bond acceptors (Lipinski definition) is 3. The summed E-state index contributed by atoms with van der Waals surface area (Å²) in [6.07, 6.45) is 2.13. The van der Waals surface area contributed by atoms with E-state index in [-0.39, 0.29) is 11.9 Å². The molecular weight excluding hydrogens is 232 g/mol. The van der Waals surface area contributed by atoms with Crippen LogP contribution in [0.2, 0.25) is 0 Å². The Morgan fingerprint density at radius 3 is 3.06 bits per heavy atom. The van der Waals surface area contributed by atoms with Crippen LogP contribution in [0.25, 0.3) is 0 Å². The first-order valence-corrected chi connectivity index (χ1v) is 7.14. The van der Waals surface area contributed by atoms with Crippen molar-refractivity contribution in [1.29, 1.82) is 0 Å². The van der Waals surface area contributed by atoms with E-state index >= 15 is 0 Å². The lowest BCUT2D eigenvalue weighted by atomic mass is 9.94. The van der Waals surface area contributed by atoms with Gasteiger partial charge in [0.1, 0.15) is 0 Å². The highest BCUT2D eigenvalue weighted by Gasteiger charge is 2.24. The molecule has 3 nitrogen and oxygen atoms in total. The lowest BCUT2D eigenvalue weighted by molar-refractivity contribution is -0.124. The Kier molecular flexibility index (Phi) is 4.18.